The quantitative estimate of drug-likeness (QED) is 0.550. The van der Waals surface area contributed by atoms with Crippen molar-refractivity contribution in [3.8, 4) is 0 Å². The third-order valence-electron chi connectivity index (χ3n) is 5.44. The number of rotatable bonds is 9. The van der Waals surface area contributed by atoms with Crippen LogP contribution < -0.4 is 5.32 Å². The second-order valence-electron chi connectivity index (χ2n) is 7.67. The largest absolute Gasteiger partial charge is 0.316 e. The first-order valence-electron chi connectivity index (χ1n) is 9.29. The van der Waals surface area contributed by atoms with E-state index in [2.05, 4.69) is 39.9 Å². The van der Waals surface area contributed by atoms with Crippen molar-refractivity contribution in [3.05, 3.63) is 0 Å². The van der Waals surface area contributed by atoms with E-state index in [9.17, 15) is 0 Å². The fraction of sp³-hybridized carbons (Fsp3) is 1.00. The second kappa shape index (κ2) is 9.82. The zero-order chi connectivity index (χ0) is 15.0. The van der Waals surface area contributed by atoms with Crippen molar-refractivity contribution in [2.24, 2.45) is 29.6 Å². The van der Waals surface area contributed by atoms with Crippen LogP contribution in [0.4, 0.5) is 0 Å². The van der Waals surface area contributed by atoms with Crippen LogP contribution >= 0.6 is 0 Å². The first-order chi connectivity index (χ1) is 9.58. The Morgan fingerprint density at radius 1 is 1.00 bits per heavy atom. The van der Waals surface area contributed by atoms with Gasteiger partial charge in [-0.05, 0) is 74.8 Å². The minimum atomic E-state index is 0.878. The van der Waals surface area contributed by atoms with Gasteiger partial charge in [0, 0.05) is 0 Å². The highest BCUT2D eigenvalue weighted by atomic mass is 14.9. The Hall–Kier alpha value is -0.0400. The number of hydrogen-bond acceptors (Lipinski definition) is 1. The minimum absolute atomic E-state index is 0.878. The minimum Gasteiger partial charge on any atom is -0.316 e. The molecule has 0 saturated heterocycles. The summed E-state index contributed by atoms with van der Waals surface area (Å²) in [6.07, 6.45) is 9.91. The Labute approximate surface area is 128 Å². The SMILES string of the molecule is CCCNCC1CCC(C(C)C)CC1CC(C)CCC. The van der Waals surface area contributed by atoms with E-state index in [-0.39, 0.29) is 0 Å². The molecule has 0 spiro atoms. The Morgan fingerprint density at radius 3 is 2.35 bits per heavy atom. The Balaban J connectivity index is 2.52. The molecule has 120 valence electrons. The van der Waals surface area contributed by atoms with Gasteiger partial charge in [-0.3, -0.25) is 0 Å². The van der Waals surface area contributed by atoms with Crippen molar-refractivity contribution in [2.45, 2.75) is 79.6 Å². The highest BCUT2D eigenvalue weighted by Gasteiger charge is 2.32. The highest BCUT2D eigenvalue weighted by Crippen LogP contribution is 2.40. The lowest BCUT2D eigenvalue weighted by molar-refractivity contribution is 0.123. The topological polar surface area (TPSA) is 12.0 Å². The summed E-state index contributed by atoms with van der Waals surface area (Å²) in [5.74, 6) is 4.70. The van der Waals surface area contributed by atoms with Gasteiger partial charge in [0.2, 0.25) is 0 Å². The molecule has 1 nitrogen and oxygen atoms in total. The van der Waals surface area contributed by atoms with Crippen LogP contribution in [0.25, 0.3) is 0 Å². The van der Waals surface area contributed by atoms with Crippen molar-refractivity contribution in [3.63, 3.8) is 0 Å². The zero-order valence-electron chi connectivity index (χ0n) is 14.8. The van der Waals surface area contributed by atoms with Gasteiger partial charge in [-0.2, -0.15) is 0 Å². The molecule has 1 aliphatic carbocycles. The van der Waals surface area contributed by atoms with Crippen molar-refractivity contribution >= 4 is 0 Å². The second-order valence-corrected chi connectivity index (χ2v) is 7.67. The maximum atomic E-state index is 3.68. The molecule has 0 aromatic rings. The van der Waals surface area contributed by atoms with E-state index in [0.717, 1.165) is 29.6 Å². The van der Waals surface area contributed by atoms with Crippen LogP contribution in [0.5, 0.6) is 0 Å². The van der Waals surface area contributed by atoms with Gasteiger partial charge in [0.15, 0.2) is 0 Å². The summed E-state index contributed by atoms with van der Waals surface area (Å²) in [7, 11) is 0. The van der Waals surface area contributed by atoms with Gasteiger partial charge in [-0.25, -0.2) is 0 Å². The van der Waals surface area contributed by atoms with Crippen molar-refractivity contribution in [2.75, 3.05) is 13.1 Å². The van der Waals surface area contributed by atoms with Crippen LogP contribution in [0.1, 0.15) is 79.6 Å². The number of hydrogen-bond donors (Lipinski definition) is 1. The zero-order valence-corrected chi connectivity index (χ0v) is 14.8. The summed E-state index contributed by atoms with van der Waals surface area (Å²) in [6, 6.07) is 0. The lowest BCUT2D eigenvalue weighted by Gasteiger charge is -2.39. The molecule has 4 atom stereocenters. The van der Waals surface area contributed by atoms with Gasteiger partial charge < -0.3 is 5.32 Å². The van der Waals surface area contributed by atoms with Gasteiger partial charge in [-0.1, -0.05) is 47.5 Å². The molecule has 4 unspecified atom stereocenters. The van der Waals surface area contributed by atoms with Crippen molar-refractivity contribution in [1.82, 2.24) is 5.32 Å². The molecule has 0 aromatic carbocycles. The smallest absolute Gasteiger partial charge is 0.00179 e. The summed E-state index contributed by atoms with van der Waals surface area (Å²) in [4.78, 5) is 0. The van der Waals surface area contributed by atoms with E-state index < -0.39 is 0 Å². The monoisotopic (exact) mass is 281 g/mol. The van der Waals surface area contributed by atoms with Crippen LogP contribution in [0.3, 0.4) is 0 Å². The maximum Gasteiger partial charge on any atom is -0.00179 e. The van der Waals surface area contributed by atoms with E-state index >= 15 is 0 Å². The van der Waals surface area contributed by atoms with E-state index in [0.29, 0.717) is 0 Å². The molecule has 0 amide bonds. The molecule has 1 heteroatoms. The predicted octanol–water partition coefficient (Wildman–Crippen LogP) is 5.50. The molecule has 0 heterocycles. The van der Waals surface area contributed by atoms with Crippen LogP contribution in [0.2, 0.25) is 0 Å². The summed E-state index contributed by atoms with van der Waals surface area (Å²) in [6.45, 7) is 14.4. The molecule has 1 fully saturated rings. The predicted molar refractivity (Wildman–Crippen MR) is 91.0 cm³/mol. The highest BCUT2D eigenvalue weighted by molar-refractivity contribution is 4.83. The Kier molecular flexibility index (Phi) is 8.84. The normalized spacial score (nSPS) is 28.8. The van der Waals surface area contributed by atoms with Gasteiger partial charge >= 0.3 is 0 Å². The molecule has 0 aliphatic heterocycles. The van der Waals surface area contributed by atoms with Gasteiger partial charge in [-0.15, -0.1) is 0 Å². The fourth-order valence-electron chi connectivity index (χ4n) is 4.12. The average Bonchev–Trinajstić information content (AvgIpc) is 2.40. The van der Waals surface area contributed by atoms with E-state index in [1.807, 2.05) is 0 Å². The van der Waals surface area contributed by atoms with Gasteiger partial charge in [0.1, 0.15) is 0 Å². The summed E-state index contributed by atoms with van der Waals surface area (Å²) >= 11 is 0. The molecule has 20 heavy (non-hydrogen) atoms. The van der Waals surface area contributed by atoms with E-state index in [1.165, 1.54) is 58.0 Å². The van der Waals surface area contributed by atoms with Crippen molar-refractivity contribution < 1.29 is 0 Å². The molecular weight excluding hydrogens is 242 g/mol. The van der Waals surface area contributed by atoms with Crippen LogP contribution in [-0.2, 0) is 0 Å². The van der Waals surface area contributed by atoms with E-state index in [1.54, 1.807) is 0 Å². The molecule has 0 bridgehead atoms. The summed E-state index contributed by atoms with van der Waals surface area (Å²) < 4.78 is 0. The standard InChI is InChI=1S/C19H39N/c1-6-8-16(5)12-19-13-17(15(3)4)9-10-18(19)14-20-11-7-2/h15-20H,6-14H2,1-5H3. The van der Waals surface area contributed by atoms with E-state index in [4.69, 9.17) is 0 Å². The maximum absolute atomic E-state index is 3.68. The first kappa shape index (κ1) is 18.0. The molecular formula is C19H39N. The molecule has 1 rings (SSSR count). The molecule has 1 aliphatic rings. The van der Waals surface area contributed by atoms with Crippen LogP contribution in [0, 0.1) is 29.6 Å². The number of nitrogens with one attached hydrogen (secondary N) is 1. The third kappa shape index (κ3) is 6.16. The molecule has 1 N–H and O–H groups in total. The van der Waals surface area contributed by atoms with Crippen LogP contribution in [-0.4, -0.2) is 13.1 Å². The summed E-state index contributed by atoms with van der Waals surface area (Å²) in [5.41, 5.74) is 0. The van der Waals surface area contributed by atoms with Crippen LogP contribution in [0.15, 0.2) is 0 Å². The third-order valence-corrected chi connectivity index (χ3v) is 5.44. The first-order valence-corrected chi connectivity index (χ1v) is 9.29. The molecule has 1 saturated carbocycles. The van der Waals surface area contributed by atoms with Gasteiger partial charge in [0.25, 0.3) is 0 Å². The average molecular weight is 282 g/mol. The lowest BCUT2D eigenvalue weighted by atomic mass is 9.68. The van der Waals surface area contributed by atoms with Gasteiger partial charge in [0.05, 0.1) is 0 Å². The lowest BCUT2D eigenvalue weighted by Crippen LogP contribution is -2.35. The van der Waals surface area contributed by atoms with Crippen molar-refractivity contribution in [1.29, 1.82) is 0 Å². The Bertz CT molecular complexity index is 236. The Morgan fingerprint density at radius 2 is 1.75 bits per heavy atom. The summed E-state index contributed by atoms with van der Waals surface area (Å²) in [5, 5.41) is 3.68. The molecule has 0 aromatic heterocycles. The molecule has 0 radical (unpaired) electrons. The fourth-order valence-corrected chi connectivity index (χ4v) is 4.12.